The Balaban J connectivity index is 1.84. The zero-order valence-corrected chi connectivity index (χ0v) is 12.3. The van der Waals surface area contributed by atoms with Crippen molar-refractivity contribution in [2.24, 2.45) is 0 Å². The Morgan fingerprint density at radius 2 is 1.43 bits per heavy atom. The highest BCUT2D eigenvalue weighted by molar-refractivity contribution is 6.35. The monoisotopic (exact) mass is 316 g/mol. The van der Waals surface area contributed by atoms with Crippen LogP contribution in [0.1, 0.15) is 0 Å². The Morgan fingerprint density at radius 3 is 2.10 bits per heavy atom. The maximum atomic E-state index is 6.12. The Labute approximate surface area is 132 Å². The summed E-state index contributed by atoms with van der Waals surface area (Å²) in [6, 6.07) is 18.6. The first kappa shape index (κ1) is 13.9. The largest absolute Gasteiger partial charge is 0.457 e. The van der Waals surface area contributed by atoms with Crippen molar-refractivity contribution in [1.29, 1.82) is 0 Å². The van der Waals surface area contributed by atoms with Crippen molar-refractivity contribution in [1.82, 2.24) is 10.2 Å². The van der Waals surface area contributed by atoms with Gasteiger partial charge >= 0.3 is 0 Å². The molecular weight excluding hydrogens is 307 g/mol. The molecule has 2 aromatic carbocycles. The molecule has 104 valence electrons. The van der Waals surface area contributed by atoms with Crippen molar-refractivity contribution in [3.63, 3.8) is 0 Å². The summed E-state index contributed by atoms with van der Waals surface area (Å²) in [5.41, 5.74) is 1.44. The Kier molecular flexibility index (Phi) is 4.04. The van der Waals surface area contributed by atoms with E-state index >= 15 is 0 Å². The molecule has 0 aliphatic carbocycles. The Bertz CT molecular complexity index is 746. The molecule has 1 heterocycles. The lowest BCUT2D eigenvalue weighted by Crippen LogP contribution is -1.90. The summed E-state index contributed by atoms with van der Waals surface area (Å²) < 4.78 is 5.73. The molecule has 0 amide bonds. The third-order valence-electron chi connectivity index (χ3n) is 2.82. The number of hydrogen-bond donors (Lipinski definition) is 0. The fourth-order valence-corrected chi connectivity index (χ4v) is 2.30. The van der Waals surface area contributed by atoms with Gasteiger partial charge in [-0.25, -0.2) is 0 Å². The van der Waals surface area contributed by atoms with E-state index in [4.69, 9.17) is 27.9 Å². The normalized spacial score (nSPS) is 10.4. The van der Waals surface area contributed by atoms with Crippen LogP contribution in [0.2, 0.25) is 10.2 Å². The van der Waals surface area contributed by atoms with Crippen molar-refractivity contribution in [3.05, 3.63) is 70.8 Å². The molecule has 0 radical (unpaired) electrons. The van der Waals surface area contributed by atoms with Crippen molar-refractivity contribution in [3.8, 4) is 22.8 Å². The molecule has 1 aromatic heterocycles. The standard InChI is InChI=1S/C16H10Cl2N2O/c17-14-10-15(18)19-20-16(14)11-6-8-13(9-7-11)21-12-4-2-1-3-5-12/h1-10H. The molecule has 3 aromatic rings. The second-order valence-electron chi connectivity index (χ2n) is 4.30. The zero-order chi connectivity index (χ0) is 14.7. The van der Waals surface area contributed by atoms with E-state index in [0.717, 1.165) is 17.1 Å². The van der Waals surface area contributed by atoms with Crippen molar-refractivity contribution in [2.75, 3.05) is 0 Å². The first-order valence-corrected chi connectivity index (χ1v) is 7.00. The summed E-state index contributed by atoms with van der Waals surface area (Å²) in [5, 5.41) is 8.55. The maximum absolute atomic E-state index is 6.12. The van der Waals surface area contributed by atoms with E-state index in [9.17, 15) is 0 Å². The van der Waals surface area contributed by atoms with E-state index in [1.807, 2.05) is 54.6 Å². The number of benzene rings is 2. The highest BCUT2D eigenvalue weighted by Gasteiger charge is 2.07. The van der Waals surface area contributed by atoms with E-state index in [-0.39, 0.29) is 5.15 Å². The van der Waals surface area contributed by atoms with Crippen LogP contribution in [0.4, 0.5) is 0 Å². The number of hydrogen-bond acceptors (Lipinski definition) is 3. The molecule has 0 saturated heterocycles. The molecule has 3 rings (SSSR count). The lowest BCUT2D eigenvalue weighted by molar-refractivity contribution is 0.483. The van der Waals surface area contributed by atoms with E-state index in [0.29, 0.717) is 10.7 Å². The maximum Gasteiger partial charge on any atom is 0.153 e. The molecule has 3 nitrogen and oxygen atoms in total. The van der Waals surface area contributed by atoms with E-state index in [1.165, 1.54) is 0 Å². The number of para-hydroxylation sites is 1. The number of nitrogens with zero attached hydrogens (tertiary/aromatic N) is 2. The molecule has 0 saturated carbocycles. The first-order chi connectivity index (χ1) is 10.2. The molecule has 21 heavy (non-hydrogen) atoms. The second-order valence-corrected chi connectivity index (χ2v) is 5.10. The molecule has 5 heteroatoms. The predicted molar refractivity (Wildman–Crippen MR) is 84.0 cm³/mol. The van der Waals surface area contributed by atoms with Crippen LogP contribution in [0.15, 0.2) is 60.7 Å². The van der Waals surface area contributed by atoms with Crippen LogP contribution >= 0.6 is 23.2 Å². The summed E-state index contributed by atoms with van der Waals surface area (Å²) in [5.74, 6) is 1.53. The quantitative estimate of drug-likeness (QED) is 0.662. The fraction of sp³-hybridized carbons (Fsp3) is 0. The van der Waals surface area contributed by atoms with Crippen molar-refractivity contribution >= 4 is 23.2 Å². The van der Waals surface area contributed by atoms with Gasteiger partial charge in [0.2, 0.25) is 0 Å². The molecule has 0 aliphatic rings. The van der Waals surface area contributed by atoms with Crippen molar-refractivity contribution in [2.45, 2.75) is 0 Å². The Hall–Kier alpha value is -2.10. The van der Waals surface area contributed by atoms with E-state index in [2.05, 4.69) is 10.2 Å². The van der Waals surface area contributed by atoms with Crippen LogP contribution in [0, 0.1) is 0 Å². The lowest BCUT2D eigenvalue weighted by Gasteiger charge is -2.07. The van der Waals surface area contributed by atoms with Crippen molar-refractivity contribution < 1.29 is 4.74 Å². The van der Waals surface area contributed by atoms with Gasteiger partial charge < -0.3 is 4.74 Å². The van der Waals surface area contributed by atoms with Crippen LogP contribution in [0.3, 0.4) is 0 Å². The molecule has 0 fully saturated rings. The average Bonchev–Trinajstić information content (AvgIpc) is 2.49. The average molecular weight is 317 g/mol. The van der Waals surface area contributed by atoms with Gasteiger partial charge in [-0.15, -0.1) is 10.2 Å². The highest BCUT2D eigenvalue weighted by atomic mass is 35.5. The van der Waals surface area contributed by atoms with Gasteiger partial charge in [-0.2, -0.15) is 0 Å². The second kappa shape index (κ2) is 6.12. The van der Waals surface area contributed by atoms with Gasteiger partial charge in [-0.1, -0.05) is 41.4 Å². The zero-order valence-electron chi connectivity index (χ0n) is 10.8. The third kappa shape index (κ3) is 3.32. The Morgan fingerprint density at radius 1 is 0.762 bits per heavy atom. The van der Waals surface area contributed by atoms with E-state index in [1.54, 1.807) is 6.07 Å². The van der Waals surface area contributed by atoms with Crippen LogP contribution in [0.25, 0.3) is 11.3 Å². The number of halogens is 2. The lowest BCUT2D eigenvalue weighted by atomic mass is 10.1. The molecule has 0 bridgehead atoms. The summed E-state index contributed by atoms with van der Waals surface area (Å²) in [7, 11) is 0. The molecule has 0 spiro atoms. The minimum atomic E-state index is 0.271. The summed E-state index contributed by atoms with van der Waals surface area (Å²) >= 11 is 11.9. The molecule has 0 aliphatic heterocycles. The molecule has 0 N–H and O–H groups in total. The summed E-state index contributed by atoms with van der Waals surface area (Å²) in [6.07, 6.45) is 0. The van der Waals surface area contributed by atoms with Gasteiger partial charge in [0.1, 0.15) is 17.2 Å². The highest BCUT2D eigenvalue weighted by Crippen LogP contribution is 2.29. The molecule has 0 unspecified atom stereocenters. The number of aromatic nitrogens is 2. The fourth-order valence-electron chi connectivity index (χ4n) is 1.85. The minimum Gasteiger partial charge on any atom is -0.457 e. The van der Waals surface area contributed by atoms with Crippen LogP contribution < -0.4 is 4.74 Å². The predicted octanol–water partition coefficient (Wildman–Crippen LogP) is 5.24. The summed E-state index contributed by atoms with van der Waals surface area (Å²) in [4.78, 5) is 0. The summed E-state index contributed by atoms with van der Waals surface area (Å²) in [6.45, 7) is 0. The van der Waals surface area contributed by atoms with Gasteiger partial charge in [-0.05, 0) is 42.5 Å². The smallest absolute Gasteiger partial charge is 0.153 e. The number of rotatable bonds is 3. The van der Waals surface area contributed by atoms with Gasteiger partial charge in [0, 0.05) is 5.56 Å². The SMILES string of the molecule is Clc1cc(Cl)c(-c2ccc(Oc3ccccc3)cc2)nn1. The molecule has 0 atom stereocenters. The van der Waals surface area contributed by atoms with Crippen LogP contribution in [0.5, 0.6) is 11.5 Å². The van der Waals surface area contributed by atoms with Gasteiger partial charge in [0.25, 0.3) is 0 Å². The molecular formula is C16H10Cl2N2O. The first-order valence-electron chi connectivity index (χ1n) is 6.24. The van der Waals surface area contributed by atoms with E-state index < -0.39 is 0 Å². The van der Waals surface area contributed by atoms with Gasteiger partial charge in [-0.3, -0.25) is 0 Å². The third-order valence-corrected chi connectivity index (χ3v) is 3.30. The van der Waals surface area contributed by atoms with Crippen LogP contribution in [-0.2, 0) is 0 Å². The van der Waals surface area contributed by atoms with Gasteiger partial charge in [0.05, 0.1) is 5.02 Å². The van der Waals surface area contributed by atoms with Gasteiger partial charge in [0.15, 0.2) is 5.15 Å². The minimum absolute atomic E-state index is 0.271. The number of ether oxygens (including phenoxy) is 1. The van der Waals surface area contributed by atoms with Crippen LogP contribution in [-0.4, -0.2) is 10.2 Å². The topological polar surface area (TPSA) is 35.0 Å².